The number of carbonyl (C=O) groups excluding carboxylic acids is 1. The number of hydrogen-bond acceptors (Lipinski definition) is 8. The second kappa shape index (κ2) is 11.1. The number of nitrogens with one attached hydrogen (secondary N) is 2. The van der Waals surface area contributed by atoms with E-state index in [-0.39, 0.29) is 28.8 Å². The average molecular weight is 600 g/mol. The third-order valence-electron chi connectivity index (χ3n) is 7.73. The number of sulfone groups is 1. The smallest absolute Gasteiger partial charge is 0.387 e. The number of carbonyl (C=O) groups is 1. The molecule has 0 radical (unpaired) electrons. The Morgan fingerprint density at radius 1 is 1.10 bits per heavy atom. The molecule has 2 aliphatic carbocycles. The van der Waals surface area contributed by atoms with Gasteiger partial charge >= 0.3 is 12.6 Å². The summed E-state index contributed by atoms with van der Waals surface area (Å²) >= 11 is 0. The van der Waals surface area contributed by atoms with Crippen molar-refractivity contribution in [2.45, 2.75) is 60.9 Å². The van der Waals surface area contributed by atoms with E-state index in [1.165, 1.54) is 24.3 Å². The summed E-state index contributed by atoms with van der Waals surface area (Å²) in [7, 11) is -3.94. The maximum Gasteiger partial charge on any atom is 0.387 e. The minimum absolute atomic E-state index is 0.00275. The summed E-state index contributed by atoms with van der Waals surface area (Å²) in [6, 6.07) is 13.8. The lowest BCUT2D eigenvalue weighted by molar-refractivity contribution is -0.0498. The Balaban J connectivity index is 1.34. The van der Waals surface area contributed by atoms with Crippen LogP contribution in [0.15, 0.2) is 59.5 Å². The first kappa shape index (κ1) is 28.3. The molecule has 42 heavy (non-hydrogen) atoms. The topological polar surface area (TPSA) is 123 Å². The normalized spacial score (nSPS) is 19.8. The van der Waals surface area contributed by atoms with Gasteiger partial charge in [-0.1, -0.05) is 0 Å². The summed E-state index contributed by atoms with van der Waals surface area (Å²) in [5, 5.41) is 5.69. The van der Waals surface area contributed by atoms with Crippen molar-refractivity contribution in [3.63, 3.8) is 0 Å². The molecule has 222 valence electrons. The molecule has 3 aromatic rings. The summed E-state index contributed by atoms with van der Waals surface area (Å²) in [4.78, 5) is 23.8. The van der Waals surface area contributed by atoms with Gasteiger partial charge in [0.05, 0.1) is 29.8 Å². The molecule has 3 aliphatic rings. The van der Waals surface area contributed by atoms with Gasteiger partial charge in [-0.2, -0.15) is 8.78 Å². The van der Waals surface area contributed by atoms with Crippen LogP contribution in [0.4, 0.5) is 25.1 Å². The van der Waals surface area contributed by atoms with Crippen molar-refractivity contribution < 1.29 is 31.5 Å². The second-order valence-electron chi connectivity index (χ2n) is 10.9. The highest BCUT2D eigenvalue weighted by atomic mass is 32.2. The summed E-state index contributed by atoms with van der Waals surface area (Å²) in [5.41, 5.74) is 1.64. The standard InChI is InChI=1S/C29H31F2N5O5S/c1-18-17-40-15-14-36(18)25-16-24(29(12-13-29)42(38,39)23-10-8-22(9-11-23)41-27(30)31)34-26(35-25)19-2-4-20(5-3-19)32-28(37)33-21-6-7-21/h2-5,8-11,16,18,21,27H,6-7,12-15,17H2,1H3,(H2,32,33,37)/t18-/m0/s1. The highest BCUT2D eigenvalue weighted by molar-refractivity contribution is 7.92. The van der Waals surface area contributed by atoms with Gasteiger partial charge in [0.1, 0.15) is 16.3 Å². The van der Waals surface area contributed by atoms with Gasteiger partial charge in [-0.05, 0) is 81.1 Å². The monoisotopic (exact) mass is 599 g/mol. The van der Waals surface area contributed by atoms with Crippen LogP contribution in [0.5, 0.6) is 5.75 Å². The van der Waals surface area contributed by atoms with Crippen LogP contribution in [0, 0.1) is 0 Å². The number of hydrogen-bond donors (Lipinski definition) is 2. The number of morpholine rings is 1. The Labute approximate surface area is 242 Å². The third-order valence-corrected chi connectivity index (χ3v) is 10.3. The van der Waals surface area contributed by atoms with Crippen LogP contribution in [0.3, 0.4) is 0 Å². The molecule has 10 nitrogen and oxygen atoms in total. The molecule has 1 saturated heterocycles. The molecule has 3 fully saturated rings. The quantitative estimate of drug-likeness (QED) is 0.363. The fourth-order valence-corrected chi connectivity index (χ4v) is 7.06. The molecule has 0 bridgehead atoms. The number of nitrogens with zero attached hydrogens (tertiary/aromatic N) is 3. The fraction of sp³-hybridized carbons (Fsp3) is 0.414. The molecule has 0 unspecified atom stereocenters. The zero-order valence-corrected chi connectivity index (χ0v) is 23.7. The van der Waals surface area contributed by atoms with E-state index in [2.05, 4.69) is 20.3 Å². The number of ether oxygens (including phenoxy) is 2. The molecule has 6 rings (SSSR count). The predicted octanol–water partition coefficient (Wildman–Crippen LogP) is 4.72. The van der Waals surface area contributed by atoms with E-state index >= 15 is 0 Å². The zero-order valence-electron chi connectivity index (χ0n) is 22.9. The van der Waals surface area contributed by atoms with Crippen molar-refractivity contribution in [1.29, 1.82) is 0 Å². The highest BCUT2D eigenvalue weighted by Gasteiger charge is 2.58. The van der Waals surface area contributed by atoms with Crippen molar-refractivity contribution in [3.05, 3.63) is 60.3 Å². The fourth-order valence-electron chi connectivity index (χ4n) is 5.10. The number of aromatic nitrogens is 2. The van der Waals surface area contributed by atoms with Crippen LogP contribution in [0.1, 0.15) is 38.3 Å². The SMILES string of the molecule is C[C@H]1COCCN1c1cc(C2(S(=O)(=O)c3ccc(OC(F)F)cc3)CC2)nc(-c2ccc(NC(=O)NC3CC3)cc2)n1. The molecular weight excluding hydrogens is 568 g/mol. The van der Waals surface area contributed by atoms with Gasteiger partial charge in [0.25, 0.3) is 0 Å². The molecule has 2 saturated carbocycles. The van der Waals surface area contributed by atoms with E-state index in [1.807, 2.05) is 6.92 Å². The van der Waals surface area contributed by atoms with Gasteiger partial charge in [-0.25, -0.2) is 23.2 Å². The number of halogens is 2. The minimum atomic E-state index is -3.94. The maximum absolute atomic E-state index is 13.9. The Morgan fingerprint density at radius 3 is 2.43 bits per heavy atom. The maximum atomic E-state index is 13.9. The molecule has 13 heteroatoms. The lowest BCUT2D eigenvalue weighted by atomic mass is 10.1. The van der Waals surface area contributed by atoms with Crippen molar-refractivity contribution in [3.8, 4) is 17.1 Å². The molecule has 2 heterocycles. The Bertz CT molecular complexity index is 1560. The van der Waals surface area contributed by atoms with Gasteiger partial charge in [-0.3, -0.25) is 0 Å². The van der Waals surface area contributed by atoms with Crippen LogP contribution in [0.25, 0.3) is 11.4 Å². The lowest BCUT2D eigenvalue weighted by Crippen LogP contribution is -2.44. The molecule has 2 amide bonds. The van der Waals surface area contributed by atoms with E-state index in [0.717, 1.165) is 12.8 Å². The van der Waals surface area contributed by atoms with Gasteiger partial charge in [0.2, 0.25) is 0 Å². The summed E-state index contributed by atoms with van der Waals surface area (Å²) < 4.78 is 61.8. The molecule has 2 N–H and O–H groups in total. The lowest BCUT2D eigenvalue weighted by Gasteiger charge is -2.34. The van der Waals surface area contributed by atoms with Gasteiger partial charge in [0, 0.05) is 29.9 Å². The first-order valence-electron chi connectivity index (χ1n) is 13.9. The van der Waals surface area contributed by atoms with E-state index in [9.17, 15) is 22.0 Å². The van der Waals surface area contributed by atoms with Gasteiger partial charge in [-0.15, -0.1) is 0 Å². The molecule has 2 aromatic carbocycles. The van der Waals surface area contributed by atoms with E-state index < -0.39 is 21.2 Å². The van der Waals surface area contributed by atoms with Crippen LogP contribution in [-0.2, 0) is 19.3 Å². The van der Waals surface area contributed by atoms with Crippen LogP contribution in [-0.4, -0.2) is 62.9 Å². The molecule has 1 aliphatic heterocycles. The Hall–Kier alpha value is -3.84. The minimum Gasteiger partial charge on any atom is -0.435 e. The van der Waals surface area contributed by atoms with Crippen molar-refractivity contribution in [1.82, 2.24) is 15.3 Å². The van der Waals surface area contributed by atoms with Crippen LogP contribution < -0.4 is 20.3 Å². The van der Waals surface area contributed by atoms with Crippen LogP contribution in [0.2, 0.25) is 0 Å². The number of anilines is 2. The predicted molar refractivity (Wildman–Crippen MR) is 151 cm³/mol. The molecule has 0 spiro atoms. The van der Waals surface area contributed by atoms with E-state index in [1.54, 1.807) is 30.3 Å². The van der Waals surface area contributed by atoms with Crippen molar-refractivity contribution in [2.24, 2.45) is 0 Å². The summed E-state index contributed by atoms with van der Waals surface area (Å²) in [6.45, 7) is 0.613. The number of benzene rings is 2. The van der Waals surface area contributed by atoms with E-state index in [4.69, 9.17) is 14.7 Å². The second-order valence-corrected chi connectivity index (χ2v) is 13.1. The molecule has 1 aromatic heterocycles. The number of amides is 2. The highest BCUT2D eigenvalue weighted by Crippen LogP contribution is 2.55. The number of urea groups is 1. The summed E-state index contributed by atoms with van der Waals surface area (Å²) in [6.07, 6.45) is 2.69. The average Bonchev–Trinajstić information content (AvgIpc) is 3.89. The molecular formula is C29H31F2N5O5S. The zero-order chi connectivity index (χ0) is 29.5. The van der Waals surface area contributed by atoms with Gasteiger partial charge < -0.3 is 25.0 Å². The Kier molecular flexibility index (Phi) is 7.48. The van der Waals surface area contributed by atoms with Crippen molar-refractivity contribution in [2.75, 3.05) is 30.0 Å². The first-order chi connectivity index (χ1) is 20.1. The van der Waals surface area contributed by atoms with Crippen molar-refractivity contribution >= 4 is 27.4 Å². The summed E-state index contributed by atoms with van der Waals surface area (Å²) in [5.74, 6) is 0.834. The first-order valence-corrected chi connectivity index (χ1v) is 15.3. The number of rotatable bonds is 9. The van der Waals surface area contributed by atoms with Gasteiger partial charge in [0.15, 0.2) is 15.7 Å². The largest absolute Gasteiger partial charge is 0.435 e. The van der Waals surface area contributed by atoms with Crippen LogP contribution >= 0.6 is 0 Å². The molecule has 1 atom stereocenters. The third kappa shape index (κ3) is 5.75. The Morgan fingerprint density at radius 2 is 1.81 bits per heavy atom. The van der Waals surface area contributed by atoms with E-state index in [0.29, 0.717) is 61.2 Å². The number of alkyl halides is 2.